The molecular weight excluding hydrogens is 495 g/mol. The van der Waals surface area contributed by atoms with E-state index in [0.717, 1.165) is 12.1 Å². The van der Waals surface area contributed by atoms with Crippen LogP contribution in [-0.2, 0) is 20.8 Å². The van der Waals surface area contributed by atoms with Gasteiger partial charge in [0.1, 0.15) is 0 Å². The molecule has 0 bridgehead atoms. The molecule has 2 fully saturated rings. The molecule has 2 aliphatic rings. The summed E-state index contributed by atoms with van der Waals surface area (Å²) in [6, 6.07) is 9.73. The highest BCUT2D eigenvalue weighted by atomic mass is 32.2. The van der Waals surface area contributed by atoms with Gasteiger partial charge in [0, 0.05) is 50.6 Å². The fourth-order valence-corrected chi connectivity index (χ4v) is 5.50. The molecule has 0 radical (unpaired) electrons. The van der Waals surface area contributed by atoms with E-state index in [2.05, 4.69) is 0 Å². The summed E-state index contributed by atoms with van der Waals surface area (Å²) in [4.78, 5) is 19.4. The first-order chi connectivity index (χ1) is 17.0. The number of hydrogen-bond acceptors (Lipinski definition) is 6. The number of hydrogen-bond donors (Lipinski definition) is 0. The van der Waals surface area contributed by atoms with Crippen LogP contribution in [-0.4, -0.2) is 77.0 Å². The lowest BCUT2D eigenvalue weighted by molar-refractivity contribution is -0.137. The third-order valence-corrected chi connectivity index (χ3v) is 8.78. The van der Waals surface area contributed by atoms with Gasteiger partial charge in [-0.1, -0.05) is 0 Å². The quantitative estimate of drug-likeness (QED) is 0.593. The minimum Gasteiger partial charge on any atom is -0.378 e. The normalized spacial score (nSPS) is 17.6. The van der Waals surface area contributed by atoms with Gasteiger partial charge >= 0.3 is 6.18 Å². The number of benzene rings is 2. The summed E-state index contributed by atoms with van der Waals surface area (Å²) in [6.45, 7) is 7.07. The van der Waals surface area contributed by atoms with E-state index in [1.165, 1.54) is 18.2 Å². The van der Waals surface area contributed by atoms with Gasteiger partial charge in [-0.15, -0.1) is 0 Å². The molecule has 7 nitrogen and oxygen atoms in total. The lowest BCUT2D eigenvalue weighted by Crippen LogP contribution is -2.49. The monoisotopic (exact) mass is 525 g/mol. The van der Waals surface area contributed by atoms with Crippen molar-refractivity contribution in [1.82, 2.24) is 4.90 Å². The summed E-state index contributed by atoms with van der Waals surface area (Å²) in [6.07, 6.45) is -4.39. The van der Waals surface area contributed by atoms with Crippen molar-refractivity contribution in [2.24, 2.45) is 0 Å². The smallest absolute Gasteiger partial charge is 0.378 e. The first-order valence-electron chi connectivity index (χ1n) is 11.9. The van der Waals surface area contributed by atoms with Crippen LogP contribution in [0.4, 0.5) is 24.5 Å². The van der Waals surface area contributed by atoms with Crippen LogP contribution >= 0.6 is 0 Å². The van der Waals surface area contributed by atoms with E-state index in [4.69, 9.17) is 4.74 Å². The molecule has 2 aromatic carbocycles. The first-order valence-corrected chi connectivity index (χ1v) is 13.5. The van der Waals surface area contributed by atoms with Crippen molar-refractivity contribution < 1.29 is 31.1 Å². The van der Waals surface area contributed by atoms with Crippen LogP contribution in [0.25, 0.3) is 0 Å². The van der Waals surface area contributed by atoms with E-state index < -0.39 is 26.8 Å². The highest BCUT2D eigenvalue weighted by Gasteiger charge is 2.31. The van der Waals surface area contributed by atoms with E-state index in [0.29, 0.717) is 69.4 Å². The molecule has 1 amide bonds. The summed E-state index contributed by atoms with van der Waals surface area (Å²) in [5.74, 6) is -0.260. The molecule has 196 valence electrons. The molecule has 2 heterocycles. The maximum Gasteiger partial charge on any atom is 0.416 e. The SMILES string of the molecule is CC(C)S(=O)(=O)c1ccc(N2CCOCC2)c(C(=O)N2CCN(c3ccc(C(F)(F)F)cc3)CC2)c1. The van der Waals surface area contributed by atoms with Gasteiger partial charge in [-0.25, -0.2) is 8.42 Å². The number of anilines is 2. The van der Waals surface area contributed by atoms with Gasteiger partial charge in [-0.05, 0) is 56.3 Å². The van der Waals surface area contributed by atoms with Crippen LogP contribution < -0.4 is 9.80 Å². The predicted octanol–water partition coefficient (Wildman–Crippen LogP) is 3.69. The Hall–Kier alpha value is -2.79. The van der Waals surface area contributed by atoms with E-state index in [1.54, 1.807) is 30.9 Å². The first kappa shape index (κ1) is 26.3. The number of carbonyl (C=O) groups excluding carboxylic acids is 1. The number of nitrogens with zero attached hydrogens (tertiary/aromatic N) is 3. The van der Waals surface area contributed by atoms with Gasteiger partial charge in [-0.3, -0.25) is 4.79 Å². The largest absolute Gasteiger partial charge is 0.416 e. The molecule has 0 spiro atoms. The lowest BCUT2D eigenvalue weighted by Gasteiger charge is -2.37. The van der Waals surface area contributed by atoms with Crippen LogP contribution in [0.2, 0.25) is 0 Å². The zero-order chi connectivity index (χ0) is 26.1. The number of carbonyl (C=O) groups is 1. The molecule has 0 N–H and O–H groups in total. The zero-order valence-electron chi connectivity index (χ0n) is 20.3. The average molecular weight is 526 g/mol. The fraction of sp³-hybridized carbons (Fsp3) is 0.480. The number of piperazine rings is 1. The van der Waals surface area contributed by atoms with Crippen molar-refractivity contribution in [1.29, 1.82) is 0 Å². The Kier molecular flexibility index (Phi) is 7.51. The maximum absolute atomic E-state index is 13.6. The minimum atomic E-state index is -4.39. The summed E-state index contributed by atoms with van der Waals surface area (Å²) in [5.41, 5.74) is 0.971. The third-order valence-electron chi connectivity index (χ3n) is 6.63. The molecule has 0 unspecified atom stereocenters. The second-order valence-electron chi connectivity index (χ2n) is 9.20. The highest BCUT2D eigenvalue weighted by molar-refractivity contribution is 7.92. The molecule has 0 aliphatic carbocycles. The predicted molar refractivity (Wildman–Crippen MR) is 131 cm³/mol. The van der Waals surface area contributed by atoms with Crippen LogP contribution in [0.15, 0.2) is 47.4 Å². The Morgan fingerprint density at radius 3 is 2.06 bits per heavy atom. The van der Waals surface area contributed by atoms with Gasteiger partial charge in [-0.2, -0.15) is 13.2 Å². The van der Waals surface area contributed by atoms with Crippen molar-refractivity contribution in [2.45, 2.75) is 30.2 Å². The highest BCUT2D eigenvalue weighted by Crippen LogP contribution is 2.31. The van der Waals surface area contributed by atoms with Crippen molar-refractivity contribution in [3.05, 3.63) is 53.6 Å². The Morgan fingerprint density at radius 2 is 1.50 bits per heavy atom. The molecule has 4 rings (SSSR count). The number of ether oxygens (including phenoxy) is 1. The molecule has 0 saturated carbocycles. The number of alkyl halides is 3. The molecule has 0 atom stereocenters. The summed E-state index contributed by atoms with van der Waals surface area (Å²) < 4.78 is 69.7. The maximum atomic E-state index is 13.6. The van der Waals surface area contributed by atoms with Gasteiger partial charge in [0.2, 0.25) is 0 Å². The van der Waals surface area contributed by atoms with Gasteiger partial charge in [0.05, 0.1) is 34.5 Å². The number of rotatable bonds is 5. The van der Waals surface area contributed by atoms with Gasteiger partial charge in [0.15, 0.2) is 9.84 Å². The number of morpholine rings is 1. The zero-order valence-corrected chi connectivity index (χ0v) is 21.1. The third kappa shape index (κ3) is 5.46. The van der Waals surface area contributed by atoms with Crippen LogP contribution in [0.5, 0.6) is 0 Å². The average Bonchev–Trinajstić information content (AvgIpc) is 2.88. The van der Waals surface area contributed by atoms with E-state index in [-0.39, 0.29) is 10.8 Å². The van der Waals surface area contributed by atoms with Crippen molar-refractivity contribution >= 4 is 27.1 Å². The standard InChI is InChI=1S/C25H30F3N3O4S/c1-18(2)36(33,34)21-7-8-23(30-13-15-35-16-14-30)22(17-21)24(32)31-11-9-29(10-12-31)20-5-3-19(4-6-20)25(26,27)28/h3-8,17-18H,9-16H2,1-2H3. The second kappa shape index (κ2) is 10.3. The molecular formula is C25H30F3N3O4S. The Labute approximate surface area is 209 Å². The minimum absolute atomic E-state index is 0.112. The van der Waals surface area contributed by atoms with Gasteiger partial charge in [0.25, 0.3) is 5.91 Å². The summed E-state index contributed by atoms with van der Waals surface area (Å²) >= 11 is 0. The molecule has 0 aromatic heterocycles. The van der Waals surface area contributed by atoms with Crippen LogP contribution in [0.1, 0.15) is 29.8 Å². The van der Waals surface area contributed by atoms with Crippen LogP contribution in [0, 0.1) is 0 Å². The summed E-state index contributed by atoms with van der Waals surface area (Å²) in [7, 11) is -3.57. The molecule has 2 saturated heterocycles. The Bertz CT molecular complexity index is 1190. The van der Waals surface area contributed by atoms with E-state index >= 15 is 0 Å². The molecule has 2 aliphatic heterocycles. The topological polar surface area (TPSA) is 70.2 Å². The lowest BCUT2D eigenvalue weighted by atomic mass is 10.1. The Balaban J connectivity index is 1.55. The van der Waals surface area contributed by atoms with Crippen molar-refractivity contribution in [3.8, 4) is 0 Å². The molecule has 11 heteroatoms. The summed E-state index contributed by atoms with van der Waals surface area (Å²) in [5, 5.41) is -0.623. The van der Waals surface area contributed by atoms with Crippen molar-refractivity contribution in [3.63, 3.8) is 0 Å². The van der Waals surface area contributed by atoms with Gasteiger partial charge < -0.3 is 19.4 Å². The fourth-order valence-electron chi connectivity index (χ4n) is 4.41. The van der Waals surface area contributed by atoms with E-state index in [1.807, 2.05) is 9.80 Å². The van der Waals surface area contributed by atoms with Crippen LogP contribution in [0.3, 0.4) is 0 Å². The second-order valence-corrected chi connectivity index (χ2v) is 11.7. The number of amides is 1. The molecule has 36 heavy (non-hydrogen) atoms. The number of halogens is 3. The number of sulfone groups is 1. The van der Waals surface area contributed by atoms with E-state index in [9.17, 15) is 26.4 Å². The molecule has 2 aromatic rings. The Morgan fingerprint density at radius 1 is 0.889 bits per heavy atom. The van der Waals surface area contributed by atoms with Crippen molar-refractivity contribution in [2.75, 3.05) is 62.3 Å².